The van der Waals surface area contributed by atoms with Crippen LogP contribution < -0.4 is 5.32 Å². The normalized spacial score (nSPS) is 9.21. The minimum atomic E-state index is -0.452. The van der Waals surface area contributed by atoms with Crippen LogP contribution in [0.4, 0.5) is 10.1 Å². The van der Waals surface area contributed by atoms with Gasteiger partial charge < -0.3 is 5.32 Å². The fourth-order valence-electron chi connectivity index (χ4n) is 0.954. The number of nitriles is 1. The van der Waals surface area contributed by atoms with Crippen molar-refractivity contribution in [3.8, 4) is 6.07 Å². The Morgan fingerprint density at radius 3 is 2.86 bits per heavy atom. The van der Waals surface area contributed by atoms with E-state index in [1.807, 2.05) is 6.07 Å². The largest absolute Gasteiger partial charge is 0.380 e. The van der Waals surface area contributed by atoms with Gasteiger partial charge in [-0.25, -0.2) is 4.39 Å². The third-order valence-electron chi connectivity index (χ3n) is 1.51. The van der Waals surface area contributed by atoms with Crippen LogP contribution in [0, 0.1) is 17.1 Å². The molecule has 0 fully saturated rings. The van der Waals surface area contributed by atoms with E-state index in [-0.39, 0.29) is 5.56 Å². The van der Waals surface area contributed by atoms with Crippen LogP contribution in [0.25, 0.3) is 0 Å². The zero-order valence-electron chi connectivity index (χ0n) is 7.35. The lowest BCUT2D eigenvalue weighted by Gasteiger charge is -2.05. The van der Waals surface area contributed by atoms with Gasteiger partial charge in [0.1, 0.15) is 5.82 Å². The number of rotatable bonds is 3. The quantitative estimate of drug-likeness (QED) is 0.833. The first kappa shape index (κ1) is 10.6. The van der Waals surface area contributed by atoms with Crippen LogP contribution in [0.15, 0.2) is 29.8 Å². The van der Waals surface area contributed by atoms with Crippen LogP contribution in [0.5, 0.6) is 0 Å². The van der Waals surface area contributed by atoms with Gasteiger partial charge in [0.25, 0.3) is 0 Å². The first-order valence-electron chi connectivity index (χ1n) is 3.89. The fraction of sp³-hybridized carbons (Fsp3) is 0.100. The lowest BCUT2D eigenvalue weighted by atomic mass is 10.2. The Balaban J connectivity index is 2.82. The van der Waals surface area contributed by atoms with Gasteiger partial charge in [0.2, 0.25) is 0 Å². The Morgan fingerprint density at radius 1 is 1.57 bits per heavy atom. The van der Waals surface area contributed by atoms with Crippen molar-refractivity contribution >= 4 is 17.3 Å². The molecule has 2 nitrogen and oxygen atoms in total. The van der Waals surface area contributed by atoms with Gasteiger partial charge in [-0.2, -0.15) is 5.26 Å². The Hall–Kier alpha value is -1.53. The van der Waals surface area contributed by atoms with E-state index in [0.717, 1.165) is 0 Å². The molecule has 0 bridgehead atoms. The van der Waals surface area contributed by atoms with Gasteiger partial charge in [-0.15, -0.1) is 0 Å². The van der Waals surface area contributed by atoms with Crippen LogP contribution in [-0.2, 0) is 0 Å². The summed E-state index contributed by atoms with van der Waals surface area (Å²) in [4.78, 5) is 0. The smallest absolute Gasteiger partial charge is 0.126 e. The molecule has 0 aliphatic rings. The van der Waals surface area contributed by atoms with Crippen LogP contribution in [0.3, 0.4) is 0 Å². The average Bonchev–Trinajstić information content (AvgIpc) is 2.14. The standard InChI is InChI=1S/C10H8ClFN2/c1-7(11)6-14-10-3-8(5-13)2-9(12)4-10/h2-4,14H,1,6H2. The predicted molar refractivity (Wildman–Crippen MR) is 54.6 cm³/mol. The molecule has 0 spiro atoms. The molecule has 14 heavy (non-hydrogen) atoms. The maximum atomic E-state index is 12.9. The molecule has 0 aromatic heterocycles. The Kier molecular flexibility index (Phi) is 3.49. The van der Waals surface area contributed by atoms with Gasteiger partial charge >= 0.3 is 0 Å². The lowest BCUT2D eigenvalue weighted by molar-refractivity contribution is 0.628. The summed E-state index contributed by atoms with van der Waals surface area (Å²) in [6, 6.07) is 5.86. The van der Waals surface area contributed by atoms with Crippen molar-refractivity contribution in [1.29, 1.82) is 5.26 Å². The van der Waals surface area contributed by atoms with Crippen molar-refractivity contribution in [2.45, 2.75) is 0 Å². The summed E-state index contributed by atoms with van der Waals surface area (Å²) in [5.41, 5.74) is 0.788. The Bertz CT molecular complexity index is 396. The van der Waals surface area contributed by atoms with Gasteiger partial charge in [-0.1, -0.05) is 18.2 Å². The molecule has 0 aliphatic carbocycles. The molecule has 0 atom stereocenters. The molecule has 0 amide bonds. The maximum Gasteiger partial charge on any atom is 0.126 e. The molecule has 72 valence electrons. The number of hydrogen-bond donors (Lipinski definition) is 1. The van der Waals surface area contributed by atoms with Crippen LogP contribution >= 0.6 is 11.6 Å². The highest BCUT2D eigenvalue weighted by Gasteiger charge is 1.99. The Morgan fingerprint density at radius 2 is 2.29 bits per heavy atom. The van der Waals surface area contributed by atoms with Gasteiger partial charge in [-0.05, 0) is 18.2 Å². The number of nitrogens with zero attached hydrogens (tertiary/aromatic N) is 1. The number of benzene rings is 1. The second-order valence-corrected chi connectivity index (χ2v) is 3.25. The van der Waals surface area contributed by atoms with Crippen molar-refractivity contribution in [2.24, 2.45) is 0 Å². The maximum absolute atomic E-state index is 12.9. The molecule has 1 aromatic carbocycles. The van der Waals surface area contributed by atoms with E-state index in [1.165, 1.54) is 12.1 Å². The summed E-state index contributed by atoms with van der Waals surface area (Å²) in [6.07, 6.45) is 0. The molecule has 0 radical (unpaired) electrons. The summed E-state index contributed by atoms with van der Waals surface area (Å²) in [6.45, 7) is 3.82. The minimum absolute atomic E-state index is 0.271. The summed E-state index contributed by atoms with van der Waals surface area (Å²) >= 11 is 5.53. The monoisotopic (exact) mass is 210 g/mol. The third-order valence-corrected chi connectivity index (χ3v) is 1.64. The summed E-state index contributed by atoms with van der Waals surface area (Å²) < 4.78 is 12.9. The van der Waals surface area contributed by atoms with Crippen LogP contribution in [0.2, 0.25) is 0 Å². The fourth-order valence-corrected chi connectivity index (χ4v) is 1.02. The molecule has 1 aromatic rings. The molecule has 0 unspecified atom stereocenters. The first-order chi connectivity index (χ1) is 6.61. The highest BCUT2D eigenvalue weighted by atomic mass is 35.5. The zero-order valence-corrected chi connectivity index (χ0v) is 8.11. The van der Waals surface area contributed by atoms with E-state index >= 15 is 0 Å². The van der Waals surface area contributed by atoms with Crippen LogP contribution in [-0.4, -0.2) is 6.54 Å². The molecule has 4 heteroatoms. The van der Waals surface area contributed by atoms with Crippen molar-refractivity contribution in [3.63, 3.8) is 0 Å². The summed E-state index contributed by atoms with van der Waals surface area (Å²) in [5, 5.41) is 11.8. The summed E-state index contributed by atoms with van der Waals surface area (Å²) in [5.74, 6) is -0.452. The van der Waals surface area contributed by atoms with E-state index in [1.54, 1.807) is 6.07 Å². The molecule has 0 saturated carbocycles. The number of nitrogens with one attached hydrogen (secondary N) is 1. The van der Waals surface area contributed by atoms with E-state index in [0.29, 0.717) is 17.3 Å². The van der Waals surface area contributed by atoms with Crippen molar-refractivity contribution < 1.29 is 4.39 Å². The molecule has 1 N–H and O–H groups in total. The average molecular weight is 211 g/mol. The van der Waals surface area contributed by atoms with Crippen molar-refractivity contribution in [2.75, 3.05) is 11.9 Å². The molecule has 0 aliphatic heterocycles. The van der Waals surface area contributed by atoms with E-state index < -0.39 is 5.82 Å². The summed E-state index contributed by atoms with van der Waals surface area (Å²) in [7, 11) is 0. The van der Waals surface area contributed by atoms with Gasteiger partial charge in [-0.3, -0.25) is 0 Å². The van der Waals surface area contributed by atoms with Gasteiger partial charge in [0.05, 0.1) is 18.2 Å². The number of halogens is 2. The highest BCUT2D eigenvalue weighted by molar-refractivity contribution is 6.29. The molecule has 1 rings (SSSR count). The van der Waals surface area contributed by atoms with E-state index in [4.69, 9.17) is 16.9 Å². The van der Waals surface area contributed by atoms with E-state index in [9.17, 15) is 4.39 Å². The second kappa shape index (κ2) is 4.64. The third kappa shape index (κ3) is 3.08. The lowest BCUT2D eigenvalue weighted by Crippen LogP contribution is -2.01. The van der Waals surface area contributed by atoms with Gasteiger partial charge in [0, 0.05) is 10.7 Å². The van der Waals surface area contributed by atoms with Crippen molar-refractivity contribution in [3.05, 3.63) is 41.2 Å². The van der Waals surface area contributed by atoms with E-state index in [2.05, 4.69) is 11.9 Å². The Labute approximate surface area is 86.6 Å². The van der Waals surface area contributed by atoms with Crippen molar-refractivity contribution in [1.82, 2.24) is 0 Å². The zero-order chi connectivity index (χ0) is 10.6. The molecular weight excluding hydrogens is 203 g/mol. The topological polar surface area (TPSA) is 35.8 Å². The number of anilines is 1. The number of hydrogen-bond acceptors (Lipinski definition) is 2. The minimum Gasteiger partial charge on any atom is -0.380 e. The van der Waals surface area contributed by atoms with Gasteiger partial charge in [0.15, 0.2) is 0 Å². The molecule has 0 heterocycles. The second-order valence-electron chi connectivity index (χ2n) is 2.71. The molecular formula is C10H8ClFN2. The highest BCUT2D eigenvalue weighted by Crippen LogP contribution is 2.13. The predicted octanol–water partition coefficient (Wildman–Crippen LogP) is 2.86. The first-order valence-corrected chi connectivity index (χ1v) is 4.27. The SMILES string of the molecule is C=C(Cl)CNc1cc(F)cc(C#N)c1. The molecule has 0 saturated heterocycles. The van der Waals surface area contributed by atoms with Crippen LogP contribution in [0.1, 0.15) is 5.56 Å².